The topological polar surface area (TPSA) is 81.7 Å². The van der Waals surface area contributed by atoms with Crippen molar-refractivity contribution in [3.05, 3.63) is 50.9 Å². The second kappa shape index (κ2) is 10.1. The fraction of sp³-hybridized carbons (Fsp3) is 0.409. The maximum atomic E-state index is 12.8. The van der Waals surface area contributed by atoms with Crippen molar-refractivity contribution in [1.29, 1.82) is 0 Å². The van der Waals surface area contributed by atoms with Crippen molar-refractivity contribution >= 4 is 45.8 Å². The van der Waals surface area contributed by atoms with Gasteiger partial charge >= 0.3 is 11.9 Å². The first kappa shape index (κ1) is 22.3. The fourth-order valence-electron chi connectivity index (χ4n) is 3.45. The molecule has 0 bridgehead atoms. The van der Waals surface area contributed by atoms with Crippen molar-refractivity contribution in [3.63, 3.8) is 0 Å². The van der Waals surface area contributed by atoms with Gasteiger partial charge < -0.3 is 14.8 Å². The van der Waals surface area contributed by atoms with Crippen LogP contribution in [0.2, 0.25) is 5.02 Å². The standard InChI is InChI=1S/C22H24ClNO5S/c1-3-28-21(26)17-13(2)18(22(27)29-14-9-5-4-6-10-14)30-20(17)24-19(25)15-11-7-8-12-16(15)23/h7-8,11-12,14H,3-6,9-10H2,1-2H3,(H,24,25). The number of ether oxygens (including phenoxy) is 2. The van der Waals surface area contributed by atoms with Gasteiger partial charge in [-0.25, -0.2) is 9.59 Å². The summed E-state index contributed by atoms with van der Waals surface area (Å²) in [4.78, 5) is 38.4. The van der Waals surface area contributed by atoms with Gasteiger partial charge in [0.15, 0.2) is 0 Å². The molecule has 1 aromatic carbocycles. The molecular formula is C22H24ClNO5S. The van der Waals surface area contributed by atoms with E-state index in [0.29, 0.717) is 5.56 Å². The molecule has 1 aliphatic carbocycles. The molecular weight excluding hydrogens is 426 g/mol. The van der Waals surface area contributed by atoms with Gasteiger partial charge in [0.2, 0.25) is 0 Å². The highest BCUT2D eigenvalue weighted by atomic mass is 35.5. The van der Waals surface area contributed by atoms with Crippen molar-refractivity contribution in [2.75, 3.05) is 11.9 Å². The minimum atomic E-state index is -0.600. The van der Waals surface area contributed by atoms with E-state index in [1.807, 2.05) is 0 Å². The van der Waals surface area contributed by atoms with E-state index >= 15 is 0 Å². The Labute approximate surface area is 184 Å². The monoisotopic (exact) mass is 449 g/mol. The first-order valence-corrected chi connectivity index (χ1v) is 11.2. The smallest absolute Gasteiger partial charge is 0.348 e. The van der Waals surface area contributed by atoms with Crippen molar-refractivity contribution in [2.24, 2.45) is 0 Å². The van der Waals surface area contributed by atoms with Crippen LogP contribution in [0.1, 0.15) is 75.0 Å². The molecule has 0 spiro atoms. The molecule has 0 aliphatic heterocycles. The van der Waals surface area contributed by atoms with Crippen molar-refractivity contribution in [3.8, 4) is 0 Å². The minimum absolute atomic E-state index is 0.111. The van der Waals surface area contributed by atoms with Gasteiger partial charge in [-0.15, -0.1) is 11.3 Å². The van der Waals surface area contributed by atoms with Gasteiger partial charge in [0.25, 0.3) is 5.91 Å². The predicted molar refractivity (Wildman–Crippen MR) is 117 cm³/mol. The van der Waals surface area contributed by atoms with E-state index in [4.69, 9.17) is 21.1 Å². The molecule has 6 nitrogen and oxygen atoms in total. The normalized spacial score (nSPS) is 14.2. The number of carbonyl (C=O) groups is 3. The molecule has 160 valence electrons. The fourth-order valence-corrected chi connectivity index (χ4v) is 4.74. The molecule has 1 aromatic heterocycles. The van der Waals surface area contributed by atoms with Gasteiger partial charge in [-0.3, -0.25) is 4.79 Å². The molecule has 0 radical (unpaired) electrons. The van der Waals surface area contributed by atoms with E-state index < -0.39 is 17.8 Å². The Morgan fingerprint density at radius 1 is 1.13 bits per heavy atom. The number of thiophene rings is 1. The maximum Gasteiger partial charge on any atom is 0.348 e. The van der Waals surface area contributed by atoms with Crippen LogP contribution in [0.15, 0.2) is 24.3 Å². The highest BCUT2D eigenvalue weighted by Gasteiger charge is 2.29. The molecule has 0 saturated heterocycles. The van der Waals surface area contributed by atoms with Crippen LogP contribution >= 0.6 is 22.9 Å². The summed E-state index contributed by atoms with van der Waals surface area (Å²) >= 11 is 7.13. The lowest BCUT2D eigenvalue weighted by Crippen LogP contribution is -2.21. The number of carbonyl (C=O) groups excluding carboxylic acids is 3. The first-order valence-electron chi connectivity index (χ1n) is 9.99. The maximum absolute atomic E-state index is 12.8. The van der Waals surface area contributed by atoms with Crippen molar-refractivity contribution < 1.29 is 23.9 Å². The van der Waals surface area contributed by atoms with Crippen molar-refractivity contribution in [1.82, 2.24) is 0 Å². The summed E-state index contributed by atoms with van der Waals surface area (Å²) in [7, 11) is 0. The lowest BCUT2D eigenvalue weighted by molar-refractivity contribution is 0.0216. The average molecular weight is 450 g/mol. The molecule has 1 heterocycles. The number of amides is 1. The van der Waals surface area contributed by atoms with Crippen LogP contribution in [0.5, 0.6) is 0 Å². The van der Waals surface area contributed by atoms with E-state index in [1.165, 1.54) is 0 Å². The predicted octanol–water partition coefficient (Wildman–Crippen LogP) is 5.63. The summed E-state index contributed by atoms with van der Waals surface area (Å²) in [6.45, 7) is 3.53. The third-order valence-corrected chi connectivity index (χ3v) is 6.50. The zero-order valence-corrected chi connectivity index (χ0v) is 18.5. The number of hydrogen-bond donors (Lipinski definition) is 1. The number of esters is 2. The van der Waals surface area contributed by atoms with Crippen LogP contribution in [-0.2, 0) is 9.47 Å². The zero-order chi connectivity index (χ0) is 21.7. The molecule has 1 amide bonds. The largest absolute Gasteiger partial charge is 0.462 e. The second-order valence-corrected chi connectivity index (χ2v) is 8.51. The summed E-state index contributed by atoms with van der Waals surface area (Å²) in [6, 6.07) is 6.60. The summed E-state index contributed by atoms with van der Waals surface area (Å²) in [5.41, 5.74) is 0.873. The Morgan fingerprint density at radius 2 is 1.83 bits per heavy atom. The zero-order valence-electron chi connectivity index (χ0n) is 17.0. The van der Waals surface area contributed by atoms with E-state index in [9.17, 15) is 14.4 Å². The van der Waals surface area contributed by atoms with E-state index in [-0.39, 0.29) is 38.7 Å². The number of hydrogen-bond acceptors (Lipinski definition) is 6. The number of benzene rings is 1. The molecule has 0 unspecified atom stereocenters. The summed E-state index contributed by atoms with van der Waals surface area (Å²) in [5.74, 6) is -1.55. The van der Waals surface area contributed by atoms with Gasteiger partial charge in [0, 0.05) is 0 Å². The quantitative estimate of drug-likeness (QED) is 0.578. The SMILES string of the molecule is CCOC(=O)c1c(NC(=O)c2ccccc2Cl)sc(C(=O)OC2CCCCC2)c1C. The number of nitrogens with one attached hydrogen (secondary N) is 1. The van der Waals surface area contributed by atoms with E-state index in [2.05, 4.69) is 5.32 Å². The van der Waals surface area contributed by atoms with Gasteiger partial charge in [-0.2, -0.15) is 0 Å². The van der Waals surface area contributed by atoms with Gasteiger partial charge in [0.1, 0.15) is 16.0 Å². The Hall–Kier alpha value is -2.38. The first-order chi connectivity index (χ1) is 14.4. The number of halogens is 1. The van der Waals surface area contributed by atoms with Gasteiger partial charge in [-0.05, 0) is 57.2 Å². The molecule has 1 aliphatic rings. The molecule has 1 fully saturated rings. The molecule has 1 saturated carbocycles. The van der Waals surface area contributed by atoms with Gasteiger partial charge in [-0.1, -0.05) is 30.2 Å². The summed E-state index contributed by atoms with van der Waals surface area (Å²) < 4.78 is 10.8. The molecule has 8 heteroatoms. The highest BCUT2D eigenvalue weighted by Crippen LogP contribution is 2.35. The number of rotatable bonds is 6. The molecule has 3 rings (SSSR count). The third-order valence-electron chi connectivity index (χ3n) is 4.98. The number of anilines is 1. The van der Waals surface area contributed by atoms with Crippen LogP contribution in [0.25, 0.3) is 0 Å². The Kier molecular flexibility index (Phi) is 7.50. The van der Waals surface area contributed by atoms with Gasteiger partial charge in [0.05, 0.1) is 22.8 Å². The van der Waals surface area contributed by atoms with Crippen LogP contribution in [0, 0.1) is 6.92 Å². The van der Waals surface area contributed by atoms with Crippen molar-refractivity contribution in [2.45, 2.75) is 52.1 Å². The summed E-state index contributed by atoms with van der Waals surface area (Å²) in [5, 5.41) is 3.25. The Balaban J connectivity index is 1.90. The molecule has 30 heavy (non-hydrogen) atoms. The lowest BCUT2D eigenvalue weighted by atomic mass is 9.98. The van der Waals surface area contributed by atoms with Crippen LogP contribution in [-0.4, -0.2) is 30.6 Å². The average Bonchev–Trinajstić information content (AvgIpc) is 3.05. The molecule has 2 aromatic rings. The lowest BCUT2D eigenvalue weighted by Gasteiger charge is -2.21. The van der Waals surface area contributed by atoms with E-state index in [1.54, 1.807) is 38.1 Å². The second-order valence-electron chi connectivity index (χ2n) is 7.08. The highest BCUT2D eigenvalue weighted by molar-refractivity contribution is 7.18. The van der Waals surface area contributed by atoms with Crippen LogP contribution in [0.3, 0.4) is 0 Å². The van der Waals surface area contributed by atoms with Crippen LogP contribution in [0.4, 0.5) is 5.00 Å². The third kappa shape index (κ3) is 5.02. The van der Waals surface area contributed by atoms with Crippen LogP contribution < -0.4 is 5.32 Å². The minimum Gasteiger partial charge on any atom is -0.462 e. The Bertz CT molecular complexity index is 949. The summed E-state index contributed by atoms with van der Waals surface area (Å²) in [6.07, 6.45) is 4.80. The van der Waals surface area contributed by atoms with E-state index in [0.717, 1.165) is 43.4 Å². The molecule has 1 N–H and O–H groups in total. The Morgan fingerprint density at radius 3 is 2.50 bits per heavy atom. The molecule has 0 atom stereocenters.